The Kier molecular flexibility index (Phi) is 8.47. The van der Waals surface area contributed by atoms with Crippen LogP contribution in [0.4, 0.5) is 0 Å². The van der Waals surface area contributed by atoms with Crippen LogP contribution in [0.1, 0.15) is 66.2 Å². The second-order valence-corrected chi connectivity index (χ2v) is 19.7. The van der Waals surface area contributed by atoms with E-state index < -0.39 is 18.4 Å². The van der Waals surface area contributed by atoms with Crippen LogP contribution in [-0.2, 0) is 0 Å². The summed E-state index contributed by atoms with van der Waals surface area (Å²) in [6.45, 7) is 9.34. The number of rotatable bonds is 10. The van der Waals surface area contributed by atoms with Crippen LogP contribution in [0.15, 0.2) is 9.41 Å². The molecule has 1 heterocycles. The first-order chi connectivity index (χ1) is 10.0. The number of hydrazine groups is 2. The van der Waals surface area contributed by atoms with E-state index in [0.29, 0.717) is 0 Å². The van der Waals surface area contributed by atoms with Gasteiger partial charge in [0.2, 0.25) is 0 Å². The molecule has 1 rings (SSSR count). The summed E-state index contributed by atoms with van der Waals surface area (Å²) < 4.78 is 6.37. The molecule has 0 radical (unpaired) electrons. The van der Waals surface area contributed by atoms with E-state index >= 15 is 0 Å². The third-order valence-corrected chi connectivity index (χ3v) is 21.1. The van der Waals surface area contributed by atoms with Gasteiger partial charge in [-0.05, 0) is 0 Å². The fraction of sp³-hybridized carbons (Fsp3) is 0.882. The second-order valence-electron chi connectivity index (χ2n) is 6.72. The first-order valence-electron chi connectivity index (χ1n) is 8.97. The van der Waals surface area contributed by atoms with Crippen LogP contribution in [0.3, 0.4) is 0 Å². The van der Waals surface area contributed by atoms with E-state index in [2.05, 4.69) is 57.3 Å². The number of nitrogens with zero attached hydrogens (tertiary/aromatic N) is 2. The first kappa shape index (κ1) is 19.1. The van der Waals surface area contributed by atoms with Crippen LogP contribution in [0.2, 0.25) is 13.3 Å². The Bertz CT molecular complexity index is 319. The number of allylic oxidation sites excluding steroid dienone is 1. The van der Waals surface area contributed by atoms with Crippen molar-refractivity contribution in [1.29, 1.82) is 0 Å². The molecule has 1 aliphatic rings. The van der Waals surface area contributed by atoms with Crippen molar-refractivity contribution in [1.82, 2.24) is 15.6 Å². The predicted molar refractivity (Wildman–Crippen MR) is 96.3 cm³/mol. The Labute approximate surface area is 137 Å². The van der Waals surface area contributed by atoms with Crippen LogP contribution in [-0.4, -0.2) is 42.6 Å². The average molecular weight is 402 g/mol. The molecule has 3 nitrogen and oxygen atoms in total. The molecule has 0 aliphatic carbocycles. The molecule has 1 aliphatic heterocycles. The van der Waals surface area contributed by atoms with Gasteiger partial charge in [-0.15, -0.1) is 0 Å². The summed E-state index contributed by atoms with van der Waals surface area (Å²) in [5.74, 6) is 0. The van der Waals surface area contributed by atoms with E-state index in [1.807, 2.05) is 0 Å². The third-order valence-electron chi connectivity index (χ3n) is 4.99. The van der Waals surface area contributed by atoms with Crippen molar-refractivity contribution < 1.29 is 0 Å². The summed E-state index contributed by atoms with van der Waals surface area (Å²) in [4.78, 5) is 0. The monoisotopic (exact) mass is 403 g/mol. The van der Waals surface area contributed by atoms with Crippen LogP contribution in [0.5, 0.6) is 0 Å². The SMILES string of the molecule is CCC[CH2][Sn]([CH2]CCC)([CH2]CCC)[C]1=C(C)NN(C)N1C. The average Bonchev–Trinajstić information content (AvgIpc) is 2.73. The summed E-state index contributed by atoms with van der Waals surface area (Å²) in [6.07, 6.45) is 8.32. The molecule has 1 N–H and O–H groups in total. The molecular formula is C17H37N3Sn. The molecule has 0 fully saturated rings. The van der Waals surface area contributed by atoms with Crippen molar-refractivity contribution in [2.24, 2.45) is 0 Å². The normalized spacial score (nSPS) is 16.8. The zero-order chi connectivity index (χ0) is 15.9. The fourth-order valence-corrected chi connectivity index (χ4v) is 21.6. The van der Waals surface area contributed by atoms with Crippen molar-refractivity contribution in [2.75, 3.05) is 14.1 Å². The number of hydrogen-bond acceptors (Lipinski definition) is 3. The Morgan fingerprint density at radius 2 is 1.29 bits per heavy atom. The van der Waals surface area contributed by atoms with Gasteiger partial charge in [0.1, 0.15) is 0 Å². The Hall–Kier alpha value is 0.0987. The minimum absolute atomic E-state index is 1.34. The Balaban J connectivity index is 3.09. The molecule has 0 amide bonds. The molecule has 0 aromatic rings. The van der Waals surface area contributed by atoms with Crippen molar-refractivity contribution in [3.8, 4) is 0 Å². The number of unbranched alkanes of at least 4 members (excludes halogenated alkanes) is 3. The van der Waals surface area contributed by atoms with Gasteiger partial charge in [-0.2, -0.15) is 0 Å². The van der Waals surface area contributed by atoms with Crippen molar-refractivity contribution in [2.45, 2.75) is 79.5 Å². The van der Waals surface area contributed by atoms with E-state index in [1.54, 1.807) is 3.71 Å². The summed E-state index contributed by atoms with van der Waals surface area (Å²) in [6, 6.07) is 0. The topological polar surface area (TPSA) is 18.5 Å². The van der Waals surface area contributed by atoms with Crippen molar-refractivity contribution in [3.63, 3.8) is 0 Å². The zero-order valence-corrected chi connectivity index (χ0v) is 18.1. The molecule has 0 saturated heterocycles. The molecule has 0 spiro atoms. The summed E-state index contributed by atoms with van der Waals surface area (Å²) in [5.41, 5.74) is 4.99. The molecule has 21 heavy (non-hydrogen) atoms. The van der Waals surface area contributed by atoms with E-state index in [4.69, 9.17) is 0 Å². The Morgan fingerprint density at radius 3 is 1.57 bits per heavy atom. The second kappa shape index (κ2) is 9.29. The van der Waals surface area contributed by atoms with Crippen LogP contribution in [0.25, 0.3) is 0 Å². The molecular weight excluding hydrogens is 365 g/mol. The van der Waals surface area contributed by atoms with Crippen LogP contribution in [0, 0.1) is 0 Å². The van der Waals surface area contributed by atoms with Gasteiger partial charge >= 0.3 is 137 Å². The van der Waals surface area contributed by atoms with E-state index in [1.165, 1.54) is 57.5 Å². The van der Waals surface area contributed by atoms with Crippen molar-refractivity contribution in [3.05, 3.63) is 9.41 Å². The third kappa shape index (κ3) is 4.78. The fourth-order valence-electron chi connectivity index (χ4n) is 3.78. The maximum atomic E-state index is 3.54. The van der Waals surface area contributed by atoms with Gasteiger partial charge in [-0.25, -0.2) is 0 Å². The van der Waals surface area contributed by atoms with E-state index in [9.17, 15) is 0 Å². The van der Waals surface area contributed by atoms with E-state index in [-0.39, 0.29) is 0 Å². The summed E-state index contributed by atoms with van der Waals surface area (Å²) in [5, 5.41) is 4.62. The first-order valence-corrected chi connectivity index (χ1v) is 16.5. The molecule has 0 atom stereocenters. The molecule has 0 bridgehead atoms. The zero-order valence-electron chi connectivity index (χ0n) is 15.3. The van der Waals surface area contributed by atoms with Gasteiger partial charge in [0.05, 0.1) is 0 Å². The van der Waals surface area contributed by atoms with Gasteiger partial charge in [-0.1, -0.05) is 0 Å². The van der Waals surface area contributed by atoms with Gasteiger partial charge in [0.15, 0.2) is 0 Å². The molecule has 0 aromatic heterocycles. The van der Waals surface area contributed by atoms with Gasteiger partial charge in [0.25, 0.3) is 0 Å². The summed E-state index contributed by atoms with van der Waals surface area (Å²) >= 11 is -2.29. The summed E-state index contributed by atoms with van der Waals surface area (Å²) in [7, 11) is 4.40. The Morgan fingerprint density at radius 1 is 0.857 bits per heavy atom. The molecule has 0 aromatic carbocycles. The minimum atomic E-state index is -2.29. The van der Waals surface area contributed by atoms with Gasteiger partial charge < -0.3 is 0 Å². The van der Waals surface area contributed by atoms with Crippen LogP contribution >= 0.6 is 0 Å². The standard InChI is InChI=1S/C5H10N3.3C4H9.Sn/c1-5-4-7(2)8(3)6-5;3*1-3-4-2;/h6H,1-3H3;3*1,3-4H2,2H3;. The number of nitrogens with one attached hydrogen (secondary N) is 1. The number of hydrogen-bond donors (Lipinski definition) is 1. The van der Waals surface area contributed by atoms with Crippen LogP contribution < -0.4 is 5.43 Å². The molecule has 124 valence electrons. The molecule has 4 heteroatoms. The maximum absolute atomic E-state index is 3.54. The molecule has 0 saturated carbocycles. The van der Waals surface area contributed by atoms with Gasteiger partial charge in [-0.3, -0.25) is 0 Å². The quantitative estimate of drug-likeness (QED) is 0.525. The van der Waals surface area contributed by atoms with Gasteiger partial charge in [0, 0.05) is 0 Å². The molecule has 0 unspecified atom stereocenters. The predicted octanol–water partition coefficient (Wildman–Crippen LogP) is 4.90. The van der Waals surface area contributed by atoms with Crippen molar-refractivity contribution >= 4 is 18.4 Å². The van der Waals surface area contributed by atoms with E-state index in [0.717, 1.165) is 0 Å².